The van der Waals surface area contributed by atoms with Crippen LogP contribution in [0.3, 0.4) is 0 Å². The van der Waals surface area contributed by atoms with Crippen LogP contribution in [0.2, 0.25) is 0 Å². The topological polar surface area (TPSA) is 44.0 Å². The van der Waals surface area contributed by atoms with Gasteiger partial charge < -0.3 is 5.11 Å². The highest BCUT2D eigenvalue weighted by atomic mass is 19.1. The summed E-state index contributed by atoms with van der Waals surface area (Å²) in [5.74, 6) is 0.638. The number of halogens is 1. The fourth-order valence-electron chi connectivity index (χ4n) is 5.15. The van der Waals surface area contributed by atoms with Crippen LogP contribution in [-0.4, -0.2) is 5.11 Å². The molecular formula is C17H18FNO. The Morgan fingerprint density at radius 2 is 2.20 bits per heavy atom. The van der Waals surface area contributed by atoms with Gasteiger partial charge in [-0.3, -0.25) is 0 Å². The van der Waals surface area contributed by atoms with E-state index in [1.54, 1.807) is 6.07 Å². The number of benzene rings is 1. The zero-order valence-electron chi connectivity index (χ0n) is 11.4. The molecule has 4 atom stereocenters. The molecule has 1 aromatic carbocycles. The van der Waals surface area contributed by atoms with Gasteiger partial charge >= 0.3 is 0 Å². The maximum Gasteiger partial charge on any atom is 0.123 e. The van der Waals surface area contributed by atoms with Crippen LogP contribution >= 0.6 is 0 Å². The van der Waals surface area contributed by atoms with Gasteiger partial charge in [0.15, 0.2) is 0 Å². The Kier molecular flexibility index (Phi) is 2.36. The van der Waals surface area contributed by atoms with Gasteiger partial charge in [-0.1, -0.05) is 12.5 Å². The van der Waals surface area contributed by atoms with Crippen molar-refractivity contribution in [1.82, 2.24) is 0 Å². The summed E-state index contributed by atoms with van der Waals surface area (Å²) in [6.07, 6.45) is 5.36. The Morgan fingerprint density at radius 1 is 1.35 bits per heavy atom. The zero-order chi connectivity index (χ0) is 14.0. The van der Waals surface area contributed by atoms with E-state index in [-0.39, 0.29) is 5.82 Å². The Labute approximate surface area is 118 Å². The predicted octanol–water partition coefficient (Wildman–Crippen LogP) is 3.29. The molecule has 2 saturated carbocycles. The molecule has 3 aliphatic rings. The average Bonchev–Trinajstić information content (AvgIpc) is 3.13. The van der Waals surface area contributed by atoms with Crippen molar-refractivity contribution in [2.45, 2.75) is 44.1 Å². The summed E-state index contributed by atoms with van der Waals surface area (Å²) >= 11 is 0. The lowest BCUT2D eigenvalue weighted by molar-refractivity contribution is -0.0869. The number of aryl methyl sites for hydroxylation is 1. The van der Waals surface area contributed by atoms with Crippen LogP contribution in [0.4, 0.5) is 4.39 Å². The van der Waals surface area contributed by atoms with Crippen LogP contribution in [0, 0.1) is 34.4 Å². The summed E-state index contributed by atoms with van der Waals surface area (Å²) in [4.78, 5) is 0. The van der Waals surface area contributed by atoms with E-state index in [0.717, 1.165) is 30.4 Å². The third-order valence-electron chi connectivity index (χ3n) is 6.06. The van der Waals surface area contributed by atoms with Crippen molar-refractivity contribution in [3.63, 3.8) is 0 Å². The molecule has 4 unspecified atom stereocenters. The lowest BCUT2D eigenvalue weighted by Crippen LogP contribution is -2.47. The molecule has 3 heteroatoms. The minimum absolute atomic E-state index is 0.257. The smallest absolute Gasteiger partial charge is 0.123 e. The van der Waals surface area contributed by atoms with Crippen LogP contribution in [0.1, 0.15) is 43.2 Å². The molecule has 20 heavy (non-hydrogen) atoms. The van der Waals surface area contributed by atoms with E-state index in [2.05, 4.69) is 6.07 Å². The molecule has 0 radical (unpaired) electrons. The quantitative estimate of drug-likeness (QED) is 0.851. The number of aliphatic hydroxyl groups is 1. The molecule has 0 amide bonds. The number of hydrogen-bond acceptors (Lipinski definition) is 2. The largest absolute Gasteiger partial charge is 0.383 e. The van der Waals surface area contributed by atoms with E-state index in [9.17, 15) is 14.8 Å². The first-order chi connectivity index (χ1) is 9.59. The zero-order valence-corrected chi connectivity index (χ0v) is 11.4. The monoisotopic (exact) mass is 271 g/mol. The highest BCUT2D eigenvalue weighted by molar-refractivity contribution is 5.42. The lowest BCUT2D eigenvalue weighted by Gasteiger charge is -2.44. The first-order valence-electron chi connectivity index (χ1n) is 7.51. The van der Waals surface area contributed by atoms with Crippen LogP contribution < -0.4 is 0 Å². The number of nitrogens with zero attached hydrogens (tertiary/aromatic N) is 1. The van der Waals surface area contributed by atoms with Gasteiger partial charge in [0.1, 0.15) is 11.4 Å². The first-order valence-corrected chi connectivity index (χ1v) is 7.51. The van der Waals surface area contributed by atoms with Crippen LogP contribution in [0.25, 0.3) is 0 Å². The van der Waals surface area contributed by atoms with E-state index in [0.29, 0.717) is 24.7 Å². The standard InChI is InChI=1S/C17H18FNO/c18-14-3-4-15-12(8-14)5-6-17(15,20)16(10-19)9-11-1-2-13(16)7-11/h3-4,8,11,13,20H,1-2,5-7,9H2. The maximum absolute atomic E-state index is 13.4. The number of nitriles is 1. The third kappa shape index (κ3) is 1.31. The summed E-state index contributed by atoms with van der Waals surface area (Å²) in [5.41, 5.74) is -0.0539. The van der Waals surface area contributed by atoms with E-state index in [4.69, 9.17) is 0 Å². The van der Waals surface area contributed by atoms with Crippen molar-refractivity contribution in [2.75, 3.05) is 0 Å². The van der Waals surface area contributed by atoms with Crippen molar-refractivity contribution in [2.24, 2.45) is 17.3 Å². The summed E-state index contributed by atoms with van der Waals surface area (Å²) < 4.78 is 13.4. The van der Waals surface area contributed by atoms with Gasteiger partial charge in [-0.05, 0) is 67.2 Å². The van der Waals surface area contributed by atoms with Crippen molar-refractivity contribution >= 4 is 0 Å². The molecule has 0 heterocycles. The molecule has 1 N–H and O–H groups in total. The average molecular weight is 271 g/mol. The van der Waals surface area contributed by atoms with Crippen molar-refractivity contribution < 1.29 is 9.50 Å². The highest BCUT2D eigenvalue weighted by Crippen LogP contribution is 2.65. The fraction of sp³-hybridized carbons (Fsp3) is 0.588. The second-order valence-corrected chi connectivity index (χ2v) is 6.83. The van der Waals surface area contributed by atoms with Crippen LogP contribution in [0.5, 0.6) is 0 Å². The molecule has 4 rings (SSSR count). The van der Waals surface area contributed by atoms with Crippen LogP contribution in [0.15, 0.2) is 18.2 Å². The van der Waals surface area contributed by atoms with Crippen molar-refractivity contribution in [3.05, 3.63) is 35.1 Å². The van der Waals surface area contributed by atoms with E-state index < -0.39 is 11.0 Å². The van der Waals surface area contributed by atoms with E-state index >= 15 is 0 Å². The molecule has 1 aromatic rings. The van der Waals surface area contributed by atoms with Gasteiger partial charge in [-0.25, -0.2) is 4.39 Å². The molecule has 0 aromatic heterocycles. The van der Waals surface area contributed by atoms with Gasteiger partial charge in [0.25, 0.3) is 0 Å². The normalized spacial score (nSPS) is 41.6. The lowest BCUT2D eigenvalue weighted by atomic mass is 9.61. The first kappa shape index (κ1) is 12.3. The molecule has 0 spiro atoms. The second-order valence-electron chi connectivity index (χ2n) is 6.83. The molecular weight excluding hydrogens is 253 g/mol. The number of rotatable bonds is 1. The van der Waals surface area contributed by atoms with Gasteiger partial charge in [-0.2, -0.15) is 5.26 Å². The minimum Gasteiger partial charge on any atom is -0.383 e. The maximum atomic E-state index is 13.4. The molecule has 0 saturated heterocycles. The van der Waals surface area contributed by atoms with Gasteiger partial charge in [0.05, 0.1) is 11.5 Å². The van der Waals surface area contributed by atoms with Crippen molar-refractivity contribution in [3.8, 4) is 6.07 Å². The molecule has 2 nitrogen and oxygen atoms in total. The molecule has 2 bridgehead atoms. The number of hydrogen-bond donors (Lipinski definition) is 1. The second kappa shape index (κ2) is 3.83. The highest BCUT2D eigenvalue weighted by Gasteiger charge is 2.64. The van der Waals surface area contributed by atoms with Crippen LogP contribution in [-0.2, 0) is 12.0 Å². The Balaban J connectivity index is 1.85. The number of fused-ring (bicyclic) bond motifs is 3. The van der Waals surface area contributed by atoms with Gasteiger partial charge in [-0.15, -0.1) is 0 Å². The van der Waals surface area contributed by atoms with E-state index in [1.165, 1.54) is 18.6 Å². The minimum atomic E-state index is -1.08. The SMILES string of the molecule is N#CC1(C2(O)CCc3cc(F)ccc32)CC2CCC1C2. The van der Waals surface area contributed by atoms with E-state index in [1.807, 2.05) is 0 Å². The molecule has 104 valence electrons. The molecule has 0 aliphatic heterocycles. The predicted molar refractivity (Wildman–Crippen MR) is 72.1 cm³/mol. The Bertz CT molecular complexity index is 622. The summed E-state index contributed by atoms with van der Waals surface area (Å²) in [5, 5.41) is 21.2. The van der Waals surface area contributed by atoms with Gasteiger partial charge in [0, 0.05) is 0 Å². The molecule has 3 aliphatic carbocycles. The van der Waals surface area contributed by atoms with Crippen molar-refractivity contribution in [1.29, 1.82) is 5.26 Å². The summed E-state index contributed by atoms with van der Waals surface area (Å²) in [6.45, 7) is 0. The Morgan fingerprint density at radius 3 is 2.85 bits per heavy atom. The Hall–Kier alpha value is -1.40. The van der Waals surface area contributed by atoms with Gasteiger partial charge in [0.2, 0.25) is 0 Å². The third-order valence-corrected chi connectivity index (χ3v) is 6.06. The summed E-state index contributed by atoms with van der Waals surface area (Å²) in [7, 11) is 0. The summed E-state index contributed by atoms with van der Waals surface area (Å²) in [6, 6.07) is 7.13. The molecule has 2 fully saturated rings. The fourth-order valence-corrected chi connectivity index (χ4v) is 5.15.